The zero-order valence-electron chi connectivity index (χ0n) is 16.6. The number of nitrogen functional groups attached to an aromatic ring is 1. The second-order valence-electron chi connectivity index (χ2n) is 6.82. The largest absolute Gasteiger partial charge is 0.378 e. The summed E-state index contributed by atoms with van der Waals surface area (Å²) in [5, 5.41) is 23.6. The molecule has 0 radical (unpaired) electrons. The number of hydrogen-bond donors (Lipinski definition) is 3. The second-order valence-corrected chi connectivity index (χ2v) is 6.82. The van der Waals surface area contributed by atoms with Gasteiger partial charge in [-0.2, -0.15) is 14.9 Å². The molecule has 0 bridgehead atoms. The average Bonchev–Trinajstić information content (AvgIpc) is 3.43. The van der Waals surface area contributed by atoms with Crippen molar-refractivity contribution in [3.8, 4) is 5.82 Å². The predicted molar refractivity (Wildman–Crippen MR) is 102 cm³/mol. The van der Waals surface area contributed by atoms with Crippen LogP contribution < -0.4 is 16.1 Å². The minimum absolute atomic E-state index is 0.0511. The monoisotopic (exact) mass is 416 g/mol. The van der Waals surface area contributed by atoms with E-state index in [4.69, 9.17) is 10.5 Å². The van der Waals surface area contributed by atoms with Crippen LogP contribution in [0.25, 0.3) is 5.82 Å². The maximum atomic E-state index is 12.8. The third-order valence-corrected chi connectivity index (χ3v) is 4.93. The van der Waals surface area contributed by atoms with Gasteiger partial charge in [0.15, 0.2) is 5.69 Å². The van der Waals surface area contributed by atoms with Gasteiger partial charge in [-0.15, -0.1) is 5.10 Å². The van der Waals surface area contributed by atoms with Crippen molar-refractivity contribution in [1.29, 1.82) is 0 Å². The highest BCUT2D eigenvalue weighted by Gasteiger charge is 2.28. The van der Waals surface area contributed by atoms with Crippen LogP contribution in [0.5, 0.6) is 0 Å². The number of nitrogens with two attached hydrogens (primary N) is 1. The number of amides is 1. The number of quaternary nitrogens is 1. The van der Waals surface area contributed by atoms with Crippen LogP contribution in [0, 0.1) is 6.92 Å². The molecule has 4 heterocycles. The molecule has 3 aromatic heterocycles. The molecule has 4 rings (SSSR count). The molecule has 14 nitrogen and oxygen atoms in total. The van der Waals surface area contributed by atoms with Gasteiger partial charge in [-0.3, -0.25) is 9.48 Å². The molecular formula is C16H22N11O3+. The maximum absolute atomic E-state index is 12.8. The molecule has 4 N–H and O–H groups in total. The highest BCUT2D eigenvalue weighted by atomic mass is 16.6. The van der Waals surface area contributed by atoms with Gasteiger partial charge in [0, 0.05) is 18.3 Å². The fourth-order valence-electron chi connectivity index (χ4n) is 3.07. The summed E-state index contributed by atoms with van der Waals surface area (Å²) in [7, 11) is 1.83. The summed E-state index contributed by atoms with van der Waals surface area (Å²) in [5.41, 5.74) is 10.7. The number of nitrogens with one attached hydrogen (secondary N) is 2. The Balaban J connectivity index is 1.58. The van der Waals surface area contributed by atoms with E-state index in [1.165, 1.54) is 15.8 Å². The van der Waals surface area contributed by atoms with Crippen molar-refractivity contribution in [2.75, 3.05) is 32.0 Å². The van der Waals surface area contributed by atoms with E-state index in [0.29, 0.717) is 25.5 Å². The summed E-state index contributed by atoms with van der Waals surface area (Å²) < 4.78 is 13.2. The standard InChI is InChI=1S/C16H21N11O3/c1-10-11(8-19-25(10)2)7-18-21-16(28)13-12(9-26-3-5-29-6-4-26)27(24-20-13)15-14(17)22-30-23-15/h7-8H,3-6,9H2,1-2H3,(H2,17,22)(H,21,28)/p+1/b18-7-. The lowest BCUT2D eigenvalue weighted by Crippen LogP contribution is -3.12. The zero-order chi connectivity index (χ0) is 21.1. The number of nitrogens with zero attached hydrogens (tertiary/aromatic N) is 8. The molecule has 0 saturated carbocycles. The molecule has 0 unspecified atom stereocenters. The van der Waals surface area contributed by atoms with Crippen molar-refractivity contribution in [3.63, 3.8) is 0 Å². The van der Waals surface area contributed by atoms with E-state index < -0.39 is 5.91 Å². The number of carbonyl (C=O) groups excluding carboxylic acids is 1. The van der Waals surface area contributed by atoms with Gasteiger partial charge >= 0.3 is 0 Å². The molecule has 1 saturated heterocycles. The maximum Gasteiger partial charge on any atom is 0.294 e. The van der Waals surface area contributed by atoms with Gasteiger partial charge in [0.2, 0.25) is 11.6 Å². The number of anilines is 1. The Morgan fingerprint density at radius 3 is 2.87 bits per heavy atom. The van der Waals surface area contributed by atoms with Crippen molar-refractivity contribution in [3.05, 3.63) is 28.8 Å². The van der Waals surface area contributed by atoms with Crippen molar-refractivity contribution in [2.24, 2.45) is 12.1 Å². The number of aryl methyl sites for hydroxylation is 1. The third kappa shape index (κ3) is 3.90. The number of morpholine rings is 1. The summed E-state index contributed by atoms with van der Waals surface area (Å²) in [6, 6.07) is 0. The summed E-state index contributed by atoms with van der Waals surface area (Å²) in [6.45, 7) is 5.23. The summed E-state index contributed by atoms with van der Waals surface area (Å²) >= 11 is 0. The van der Waals surface area contributed by atoms with Crippen LogP contribution in [0.2, 0.25) is 0 Å². The first-order chi connectivity index (χ1) is 14.5. The molecule has 30 heavy (non-hydrogen) atoms. The van der Waals surface area contributed by atoms with Gasteiger partial charge in [0.25, 0.3) is 5.91 Å². The number of hydrogen-bond acceptors (Lipinski definition) is 10. The summed E-state index contributed by atoms with van der Waals surface area (Å²) in [6.07, 6.45) is 3.19. The zero-order valence-corrected chi connectivity index (χ0v) is 16.6. The molecule has 0 atom stereocenters. The third-order valence-electron chi connectivity index (χ3n) is 4.93. The Morgan fingerprint density at radius 1 is 1.40 bits per heavy atom. The van der Waals surface area contributed by atoms with E-state index in [1.807, 2.05) is 14.0 Å². The van der Waals surface area contributed by atoms with Crippen LogP contribution >= 0.6 is 0 Å². The van der Waals surface area contributed by atoms with Crippen LogP contribution in [-0.2, 0) is 18.3 Å². The van der Waals surface area contributed by atoms with E-state index in [0.717, 1.165) is 24.3 Å². The Labute approximate surface area is 170 Å². The Hall–Kier alpha value is -3.65. The minimum Gasteiger partial charge on any atom is -0.378 e. The summed E-state index contributed by atoms with van der Waals surface area (Å²) in [5.74, 6) is -0.273. The molecule has 1 amide bonds. The lowest BCUT2D eigenvalue weighted by molar-refractivity contribution is -0.921. The second kappa shape index (κ2) is 8.38. The quantitative estimate of drug-likeness (QED) is 0.289. The van der Waals surface area contributed by atoms with E-state index in [-0.39, 0.29) is 17.3 Å². The van der Waals surface area contributed by atoms with E-state index in [9.17, 15) is 4.79 Å². The average molecular weight is 416 g/mol. The normalized spacial score (nSPS) is 15.1. The van der Waals surface area contributed by atoms with Crippen molar-refractivity contribution in [1.82, 2.24) is 40.5 Å². The molecule has 0 spiro atoms. The highest BCUT2D eigenvalue weighted by Crippen LogP contribution is 2.15. The van der Waals surface area contributed by atoms with Crippen molar-refractivity contribution >= 4 is 17.9 Å². The predicted octanol–water partition coefficient (Wildman–Crippen LogP) is -2.55. The molecule has 14 heteroatoms. The van der Waals surface area contributed by atoms with Gasteiger partial charge in [-0.25, -0.2) is 10.1 Å². The Kier molecular flexibility index (Phi) is 5.49. The van der Waals surface area contributed by atoms with Gasteiger partial charge in [-0.1, -0.05) is 5.21 Å². The summed E-state index contributed by atoms with van der Waals surface area (Å²) in [4.78, 5) is 14.0. The van der Waals surface area contributed by atoms with Gasteiger partial charge in [-0.05, 0) is 17.2 Å². The molecular weight excluding hydrogens is 394 g/mol. The van der Waals surface area contributed by atoms with E-state index >= 15 is 0 Å². The first-order valence-corrected chi connectivity index (χ1v) is 9.31. The smallest absolute Gasteiger partial charge is 0.294 e. The lowest BCUT2D eigenvalue weighted by Gasteiger charge is -2.23. The molecule has 1 fully saturated rings. The van der Waals surface area contributed by atoms with Gasteiger partial charge in [0.05, 0.1) is 25.6 Å². The molecule has 1 aliphatic heterocycles. The van der Waals surface area contributed by atoms with Gasteiger partial charge < -0.3 is 15.4 Å². The highest BCUT2D eigenvalue weighted by molar-refractivity contribution is 5.94. The van der Waals surface area contributed by atoms with Crippen LogP contribution in [0.4, 0.5) is 5.82 Å². The number of aromatic nitrogens is 7. The Bertz CT molecular complexity index is 1060. The minimum atomic E-state index is -0.503. The number of ether oxygens (including phenoxy) is 1. The van der Waals surface area contributed by atoms with E-state index in [1.54, 1.807) is 10.9 Å². The fraction of sp³-hybridized carbons (Fsp3) is 0.438. The van der Waals surface area contributed by atoms with Crippen LogP contribution in [0.15, 0.2) is 15.9 Å². The molecule has 0 aromatic carbocycles. The molecule has 3 aromatic rings. The molecule has 1 aliphatic rings. The first-order valence-electron chi connectivity index (χ1n) is 9.31. The Morgan fingerprint density at radius 2 is 2.20 bits per heavy atom. The van der Waals surface area contributed by atoms with Crippen LogP contribution in [0.1, 0.15) is 27.4 Å². The van der Waals surface area contributed by atoms with E-state index in [2.05, 4.69) is 40.9 Å². The van der Waals surface area contributed by atoms with Crippen molar-refractivity contribution in [2.45, 2.75) is 13.5 Å². The molecule has 158 valence electrons. The number of rotatable bonds is 6. The first kappa shape index (κ1) is 19.7. The lowest BCUT2D eigenvalue weighted by atomic mass is 10.2. The number of carbonyl (C=O) groups is 1. The van der Waals surface area contributed by atoms with Crippen molar-refractivity contribution < 1.29 is 19.1 Å². The topological polar surface area (TPSA) is 169 Å². The number of hydrazone groups is 1. The van der Waals surface area contributed by atoms with Crippen LogP contribution in [0.3, 0.4) is 0 Å². The van der Waals surface area contributed by atoms with Crippen LogP contribution in [-0.4, -0.2) is 73.5 Å². The fourth-order valence-corrected chi connectivity index (χ4v) is 3.07. The SMILES string of the molecule is Cc1c(/C=N\NC(=O)c2nnn(-c3nonc3N)c2C[NH+]2CCOCC2)cnn1C. The molecule has 0 aliphatic carbocycles. The van der Waals surface area contributed by atoms with Gasteiger partial charge in [0.1, 0.15) is 25.3 Å².